The monoisotopic (exact) mass is 454 g/mol. The van der Waals surface area contributed by atoms with Crippen LogP contribution in [0.5, 0.6) is 0 Å². The molecule has 2 atom stereocenters. The van der Waals surface area contributed by atoms with Gasteiger partial charge in [0.1, 0.15) is 6.10 Å². The third kappa shape index (κ3) is 8.72. The summed E-state index contributed by atoms with van der Waals surface area (Å²) >= 11 is 0. The third-order valence-electron chi connectivity index (χ3n) is 7.02. The molecule has 2 unspecified atom stereocenters. The van der Waals surface area contributed by atoms with E-state index in [9.17, 15) is 14.4 Å². The van der Waals surface area contributed by atoms with E-state index in [1.165, 1.54) is 0 Å². The maximum Gasteiger partial charge on any atom is 0.310 e. The van der Waals surface area contributed by atoms with E-state index in [1.807, 2.05) is 13.8 Å². The molecule has 184 valence electrons. The number of ether oxygens (including phenoxy) is 4. The average molecular weight is 455 g/mol. The fraction of sp³-hybridized carbons (Fsp3) is 0.880. The molecule has 32 heavy (non-hydrogen) atoms. The zero-order valence-electron chi connectivity index (χ0n) is 20.3. The van der Waals surface area contributed by atoms with Crippen LogP contribution in [0, 0.1) is 23.7 Å². The quantitative estimate of drug-likeness (QED) is 0.252. The van der Waals surface area contributed by atoms with Gasteiger partial charge in [-0.1, -0.05) is 34.1 Å². The second kappa shape index (κ2) is 13.8. The lowest BCUT2D eigenvalue weighted by atomic mass is 9.86. The highest BCUT2D eigenvalue weighted by molar-refractivity contribution is 5.73. The predicted octanol–water partition coefficient (Wildman–Crippen LogP) is 4.80. The van der Waals surface area contributed by atoms with Gasteiger partial charge in [-0.05, 0) is 63.7 Å². The highest BCUT2D eigenvalue weighted by Crippen LogP contribution is 2.31. The van der Waals surface area contributed by atoms with Gasteiger partial charge in [0.15, 0.2) is 6.79 Å². The summed E-state index contributed by atoms with van der Waals surface area (Å²) in [7, 11) is 0. The molecular weight excluding hydrogens is 412 g/mol. The highest BCUT2D eigenvalue weighted by atomic mass is 16.7. The Morgan fingerprint density at radius 1 is 0.750 bits per heavy atom. The lowest BCUT2D eigenvalue weighted by Gasteiger charge is -2.31. The molecule has 0 bridgehead atoms. The molecular formula is C25H42O7. The van der Waals surface area contributed by atoms with E-state index < -0.39 is 0 Å². The van der Waals surface area contributed by atoms with E-state index in [0.717, 1.165) is 51.4 Å². The number of carbonyl (C=O) groups is 3. The van der Waals surface area contributed by atoms with Crippen LogP contribution in [0.4, 0.5) is 0 Å². The van der Waals surface area contributed by atoms with Gasteiger partial charge in [0.05, 0.1) is 30.5 Å². The third-order valence-corrected chi connectivity index (χ3v) is 7.02. The Kier molecular flexibility index (Phi) is 11.5. The Morgan fingerprint density at radius 3 is 1.88 bits per heavy atom. The van der Waals surface area contributed by atoms with Gasteiger partial charge in [0, 0.05) is 0 Å². The number of carbonyl (C=O) groups excluding carboxylic acids is 3. The molecule has 7 heteroatoms. The van der Waals surface area contributed by atoms with Crippen LogP contribution < -0.4 is 0 Å². The fourth-order valence-electron chi connectivity index (χ4n) is 4.10. The average Bonchev–Trinajstić information content (AvgIpc) is 2.82. The Labute approximate surface area is 192 Å². The predicted molar refractivity (Wildman–Crippen MR) is 119 cm³/mol. The van der Waals surface area contributed by atoms with Gasteiger partial charge >= 0.3 is 17.9 Å². The van der Waals surface area contributed by atoms with Gasteiger partial charge in [0.2, 0.25) is 0 Å². The fourth-order valence-corrected chi connectivity index (χ4v) is 4.10. The van der Waals surface area contributed by atoms with Crippen molar-refractivity contribution in [1.29, 1.82) is 0 Å². The molecule has 2 aliphatic rings. The maximum absolute atomic E-state index is 12.6. The van der Waals surface area contributed by atoms with E-state index in [4.69, 9.17) is 18.9 Å². The van der Waals surface area contributed by atoms with Crippen LogP contribution in [0.2, 0.25) is 0 Å². The van der Waals surface area contributed by atoms with E-state index in [1.54, 1.807) is 0 Å². The minimum Gasteiger partial charge on any atom is -0.465 e. The summed E-state index contributed by atoms with van der Waals surface area (Å²) in [4.78, 5) is 36.5. The van der Waals surface area contributed by atoms with E-state index in [2.05, 4.69) is 13.8 Å². The summed E-state index contributed by atoms with van der Waals surface area (Å²) in [6.07, 6.45) is 7.48. The smallest absolute Gasteiger partial charge is 0.310 e. The molecule has 7 nitrogen and oxygen atoms in total. The van der Waals surface area contributed by atoms with E-state index in [0.29, 0.717) is 25.4 Å². The topological polar surface area (TPSA) is 88.1 Å². The molecule has 2 saturated carbocycles. The van der Waals surface area contributed by atoms with Gasteiger partial charge in [-0.25, -0.2) is 0 Å². The SMILES string of the molecule is CCC(C)COC(=O)C1CCC(OC(=O)C2CCC(OCOC(=O)C(C)CC)CC2)CC1. The van der Waals surface area contributed by atoms with Crippen LogP contribution >= 0.6 is 0 Å². The summed E-state index contributed by atoms with van der Waals surface area (Å²) in [5.74, 6) is -0.376. The standard InChI is InChI=1S/C25H42O7/c1-5-17(3)15-29-24(27)19-9-13-22(14-10-19)32-25(28)20-7-11-21(12-8-20)30-16-31-23(26)18(4)6-2/h17-22H,5-16H2,1-4H3. The second-order valence-electron chi connectivity index (χ2n) is 9.58. The first kappa shape index (κ1) is 26.6. The zero-order valence-corrected chi connectivity index (χ0v) is 20.3. The molecule has 0 spiro atoms. The molecule has 0 aromatic carbocycles. The van der Waals surface area contributed by atoms with Gasteiger partial charge < -0.3 is 18.9 Å². The molecule has 0 aromatic heterocycles. The number of hydrogen-bond donors (Lipinski definition) is 0. The minimum absolute atomic E-state index is 0.0145. The molecule has 0 aliphatic heterocycles. The second-order valence-corrected chi connectivity index (χ2v) is 9.58. The van der Waals surface area contributed by atoms with Crippen LogP contribution in [-0.4, -0.2) is 43.5 Å². The summed E-state index contributed by atoms with van der Waals surface area (Å²) in [5.41, 5.74) is 0. The molecule has 0 radical (unpaired) electrons. The van der Waals surface area contributed by atoms with Crippen molar-refractivity contribution in [3.05, 3.63) is 0 Å². The molecule has 0 N–H and O–H groups in total. The van der Waals surface area contributed by atoms with Crippen molar-refractivity contribution >= 4 is 17.9 Å². The van der Waals surface area contributed by atoms with Crippen LogP contribution in [0.1, 0.15) is 91.9 Å². The first-order valence-electron chi connectivity index (χ1n) is 12.5. The van der Waals surface area contributed by atoms with Gasteiger partial charge in [-0.3, -0.25) is 14.4 Å². The maximum atomic E-state index is 12.6. The van der Waals surface area contributed by atoms with Gasteiger partial charge in [-0.15, -0.1) is 0 Å². The Balaban J connectivity index is 1.60. The van der Waals surface area contributed by atoms with Crippen LogP contribution in [0.15, 0.2) is 0 Å². The molecule has 2 fully saturated rings. The Morgan fingerprint density at radius 2 is 1.31 bits per heavy atom. The summed E-state index contributed by atoms with van der Waals surface area (Å²) in [5, 5.41) is 0. The normalized spacial score (nSPS) is 27.8. The Hall–Kier alpha value is -1.63. The van der Waals surface area contributed by atoms with Crippen molar-refractivity contribution in [3.63, 3.8) is 0 Å². The van der Waals surface area contributed by atoms with Crippen LogP contribution in [0.3, 0.4) is 0 Å². The van der Waals surface area contributed by atoms with E-state index >= 15 is 0 Å². The largest absolute Gasteiger partial charge is 0.465 e. The van der Waals surface area contributed by atoms with Crippen molar-refractivity contribution < 1.29 is 33.3 Å². The molecule has 2 aliphatic carbocycles. The molecule has 2 rings (SSSR count). The molecule has 0 heterocycles. The molecule has 0 amide bonds. The van der Waals surface area contributed by atoms with Crippen LogP contribution in [-0.2, 0) is 33.3 Å². The summed E-state index contributed by atoms with van der Waals surface area (Å²) < 4.78 is 22.0. The van der Waals surface area contributed by atoms with E-state index in [-0.39, 0.29) is 54.7 Å². The van der Waals surface area contributed by atoms with Crippen LogP contribution in [0.25, 0.3) is 0 Å². The zero-order chi connectivity index (χ0) is 23.5. The number of hydrogen-bond acceptors (Lipinski definition) is 7. The van der Waals surface area contributed by atoms with Crippen molar-refractivity contribution in [2.24, 2.45) is 23.7 Å². The van der Waals surface area contributed by atoms with Crippen molar-refractivity contribution in [2.75, 3.05) is 13.4 Å². The Bertz CT molecular complexity index is 589. The minimum atomic E-state index is -0.233. The lowest BCUT2D eigenvalue weighted by Crippen LogP contribution is -2.33. The summed E-state index contributed by atoms with van der Waals surface area (Å²) in [6.45, 7) is 8.41. The lowest BCUT2D eigenvalue weighted by molar-refractivity contribution is -0.168. The van der Waals surface area contributed by atoms with Crippen molar-refractivity contribution in [1.82, 2.24) is 0 Å². The molecule has 0 aromatic rings. The van der Waals surface area contributed by atoms with Gasteiger partial charge in [0.25, 0.3) is 0 Å². The van der Waals surface area contributed by atoms with Gasteiger partial charge in [-0.2, -0.15) is 0 Å². The first-order chi connectivity index (χ1) is 15.3. The molecule has 0 saturated heterocycles. The van der Waals surface area contributed by atoms with Crippen molar-refractivity contribution in [3.8, 4) is 0 Å². The van der Waals surface area contributed by atoms with Crippen molar-refractivity contribution in [2.45, 2.75) is 104 Å². The first-order valence-corrected chi connectivity index (χ1v) is 12.5. The number of esters is 3. The highest BCUT2D eigenvalue weighted by Gasteiger charge is 2.33. The number of rotatable bonds is 11. The summed E-state index contributed by atoms with van der Waals surface area (Å²) in [6, 6.07) is 0.